The Balaban J connectivity index is 1.87. The molecule has 2 rings (SSSR count). The molecule has 2 aromatic carbocycles. The van der Waals surface area contributed by atoms with Crippen molar-refractivity contribution in [1.29, 1.82) is 0 Å². The first-order valence-electron chi connectivity index (χ1n) is 7.16. The van der Waals surface area contributed by atoms with Crippen LogP contribution in [0.5, 0.6) is 5.75 Å². The molecule has 0 aliphatic heterocycles. The summed E-state index contributed by atoms with van der Waals surface area (Å²) in [4.78, 5) is 24.9. The van der Waals surface area contributed by atoms with Gasteiger partial charge < -0.3 is 4.74 Å². The predicted molar refractivity (Wildman–Crippen MR) is 90.3 cm³/mol. The molecule has 0 radical (unpaired) electrons. The van der Waals surface area contributed by atoms with E-state index in [2.05, 4.69) is 10.9 Å². The van der Waals surface area contributed by atoms with Crippen molar-refractivity contribution in [3.8, 4) is 5.75 Å². The lowest BCUT2D eigenvalue weighted by molar-refractivity contribution is -0.128. The first kappa shape index (κ1) is 17.8. The van der Waals surface area contributed by atoms with Crippen LogP contribution in [0, 0.1) is 5.82 Å². The molecule has 2 N–H and O–H groups in total. The highest BCUT2D eigenvalue weighted by Gasteiger charge is 2.17. The Hall–Kier alpha value is -2.54. The minimum absolute atomic E-state index is 0.0286. The first-order valence-corrected chi connectivity index (χ1v) is 8.39. The van der Waals surface area contributed by atoms with Crippen LogP contribution >= 0.6 is 11.8 Å². The van der Waals surface area contributed by atoms with Crippen LogP contribution < -0.4 is 15.6 Å². The van der Waals surface area contributed by atoms with Crippen LogP contribution in [0.4, 0.5) is 4.39 Å². The Labute approximate surface area is 143 Å². The summed E-state index contributed by atoms with van der Waals surface area (Å²) in [6.45, 7) is 1.46. The second-order valence-corrected chi connectivity index (χ2v) is 5.74. The van der Waals surface area contributed by atoms with Gasteiger partial charge in [0.1, 0.15) is 0 Å². The van der Waals surface area contributed by atoms with Gasteiger partial charge in [0.25, 0.3) is 11.8 Å². The normalized spacial score (nSPS) is 11.5. The Morgan fingerprint density at radius 1 is 1.08 bits per heavy atom. The maximum Gasteiger partial charge on any atom is 0.279 e. The lowest BCUT2D eigenvalue weighted by Crippen LogP contribution is -2.47. The van der Waals surface area contributed by atoms with Gasteiger partial charge in [0.05, 0.1) is 0 Å². The lowest BCUT2D eigenvalue weighted by atomic mass is 10.2. The van der Waals surface area contributed by atoms with Gasteiger partial charge in [-0.25, -0.2) is 4.39 Å². The monoisotopic (exact) mass is 348 g/mol. The van der Waals surface area contributed by atoms with Crippen molar-refractivity contribution in [3.63, 3.8) is 0 Å². The number of thioether (sulfide) groups is 1. The van der Waals surface area contributed by atoms with E-state index < -0.39 is 23.7 Å². The molecule has 0 bridgehead atoms. The van der Waals surface area contributed by atoms with Crippen LogP contribution in [-0.2, 0) is 4.79 Å². The zero-order valence-electron chi connectivity index (χ0n) is 13.2. The zero-order valence-corrected chi connectivity index (χ0v) is 14.0. The fourth-order valence-corrected chi connectivity index (χ4v) is 2.23. The average Bonchev–Trinajstić information content (AvgIpc) is 2.61. The molecule has 7 heteroatoms. The number of ether oxygens (including phenoxy) is 1. The van der Waals surface area contributed by atoms with Crippen LogP contribution in [0.3, 0.4) is 0 Å². The molecular weight excluding hydrogens is 331 g/mol. The highest BCUT2D eigenvalue weighted by atomic mass is 32.2. The number of hydrogen-bond acceptors (Lipinski definition) is 4. The second kappa shape index (κ2) is 8.35. The van der Waals surface area contributed by atoms with E-state index in [0.29, 0.717) is 5.56 Å². The minimum atomic E-state index is -0.971. The average molecular weight is 348 g/mol. The summed E-state index contributed by atoms with van der Waals surface area (Å²) < 4.78 is 18.7. The van der Waals surface area contributed by atoms with Crippen LogP contribution in [0.25, 0.3) is 0 Å². The molecule has 0 heterocycles. The van der Waals surface area contributed by atoms with Crippen LogP contribution in [0.1, 0.15) is 17.3 Å². The molecule has 1 atom stereocenters. The lowest BCUT2D eigenvalue weighted by Gasteiger charge is -2.15. The van der Waals surface area contributed by atoms with Gasteiger partial charge in [0.2, 0.25) is 0 Å². The third-order valence-corrected chi connectivity index (χ3v) is 3.90. The zero-order chi connectivity index (χ0) is 17.5. The van der Waals surface area contributed by atoms with E-state index in [0.717, 1.165) is 4.90 Å². The van der Waals surface area contributed by atoms with Crippen molar-refractivity contribution in [1.82, 2.24) is 10.9 Å². The Bertz CT molecular complexity index is 722. The van der Waals surface area contributed by atoms with Gasteiger partial charge >= 0.3 is 0 Å². The van der Waals surface area contributed by atoms with Crippen LogP contribution in [0.2, 0.25) is 0 Å². The van der Waals surface area contributed by atoms with Gasteiger partial charge in [0, 0.05) is 10.5 Å². The minimum Gasteiger partial charge on any atom is -0.478 e. The number of benzene rings is 2. The molecule has 0 aromatic heterocycles. The summed E-state index contributed by atoms with van der Waals surface area (Å²) in [5.74, 6) is -1.63. The van der Waals surface area contributed by atoms with Gasteiger partial charge in [-0.15, -0.1) is 11.8 Å². The number of halogens is 1. The van der Waals surface area contributed by atoms with Gasteiger partial charge in [-0.3, -0.25) is 20.4 Å². The molecule has 2 amide bonds. The van der Waals surface area contributed by atoms with Gasteiger partial charge in [-0.05, 0) is 49.6 Å². The van der Waals surface area contributed by atoms with Crippen molar-refractivity contribution < 1.29 is 18.7 Å². The molecule has 0 aliphatic rings. The van der Waals surface area contributed by atoms with E-state index in [1.807, 2.05) is 18.4 Å². The fourth-order valence-electron chi connectivity index (χ4n) is 1.82. The number of hydrazine groups is 1. The van der Waals surface area contributed by atoms with E-state index in [4.69, 9.17) is 4.74 Å². The summed E-state index contributed by atoms with van der Waals surface area (Å²) in [5, 5.41) is 0. The van der Waals surface area contributed by atoms with Crippen LogP contribution in [0.15, 0.2) is 53.4 Å². The molecule has 0 saturated carbocycles. The van der Waals surface area contributed by atoms with Crippen molar-refractivity contribution in [3.05, 3.63) is 59.9 Å². The van der Waals surface area contributed by atoms with E-state index in [1.54, 1.807) is 30.0 Å². The summed E-state index contributed by atoms with van der Waals surface area (Å²) in [5.41, 5.74) is 4.97. The van der Waals surface area contributed by atoms with Gasteiger partial charge in [-0.2, -0.15) is 0 Å². The summed E-state index contributed by atoms with van der Waals surface area (Å²) >= 11 is 1.56. The highest BCUT2D eigenvalue weighted by molar-refractivity contribution is 7.98. The first-order chi connectivity index (χ1) is 11.5. The van der Waals surface area contributed by atoms with E-state index in [-0.39, 0.29) is 5.75 Å². The van der Waals surface area contributed by atoms with Crippen molar-refractivity contribution >= 4 is 23.6 Å². The summed E-state index contributed by atoms with van der Waals surface area (Å²) in [6.07, 6.45) is 0.966. The van der Waals surface area contributed by atoms with Crippen molar-refractivity contribution in [2.45, 2.75) is 17.9 Å². The number of para-hydroxylation sites is 1. The number of nitrogens with one attached hydrogen (secondary N) is 2. The molecule has 0 fully saturated rings. The number of carbonyl (C=O) groups excluding carboxylic acids is 2. The maximum atomic E-state index is 13.5. The summed E-state index contributed by atoms with van der Waals surface area (Å²) in [6, 6.07) is 12.7. The second-order valence-electron chi connectivity index (χ2n) is 4.86. The smallest absolute Gasteiger partial charge is 0.279 e. The largest absolute Gasteiger partial charge is 0.478 e. The standard InChI is InChI=1S/C17H17FN2O3S/c1-11(23-15-6-4-3-5-14(15)18)16(21)19-20-17(22)12-7-9-13(24-2)10-8-12/h3-11H,1-2H3,(H,19,21)(H,20,22)/t11-/m0/s1. The van der Waals surface area contributed by atoms with Crippen molar-refractivity contribution in [2.24, 2.45) is 0 Å². The number of amides is 2. The molecule has 0 aliphatic carbocycles. The Kier molecular flexibility index (Phi) is 6.20. The number of carbonyl (C=O) groups is 2. The molecule has 5 nitrogen and oxygen atoms in total. The SMILES string of the molecule is CSc1ccc(C(=O)NNC(=O)[C@H](C)Oc2ccccc2F)cc1. The Morgan fingerprint density at radius 2 is 1.75 bits per heavy atom. The number of hydrogen-bond donors (Lipinski definition) is 2. The highest BCUT2D eigenvalue weighted by Crippen LogP contribution is 2.17. The molecular formula is C17H17FN2O3S. The number of rotatable bonds is 5. The van der Waals surface area contributed by atoms with E-state index in [1.165, 1.54) is 25.1 Å². The Morgan fingerprint density at radius 3 is 2.38 bits per heavy atom. The molecule has 2 aromatic rings. The van der Waals surface area contributed by atoms with Crippen LogP contribution in [-0.4, -0.2) is 24.2 Å². The summed E-state index contributed by atoms with van der Waals surface area (Å²) in [7, 11) is 0. The van der Waals surface area contributed by atoms with Crippen molar-refractivity contribution in [2.75, 3.05) is 6.26 Å². The molecule has 0 spiro atoms. The quantitative estimate of drug-likeness (QED) is 0.644. The topological polar surface area (TPSA) is 67.4 Å². The molecule has 126 valence electrons. The molecule has 0 unspecified atom stereocenters. The third kappa shape index (κ3) is 4.73. The van der Waals surface area contributed by atoms with E-state index in [9.17, 15) is 14.0 Å². The van der Waals surface area contributed by atoms with E-state index >= 15 is 0 Å². The maximum absolute atomic E-state index is 13.5. The van der Waals surface area contributed by atoms with Gasteiger partial charge in [-0.1, -0.05) is 12.1 Å². The van der Waals surface area contributed by atoms with Gasteiger partial charge in [0.15, 0.2) is 17.7 Å². The molecule has 0 saturated heterocycles. The third-order valence-electron chi connectivity index (χ3n) is 3.16. The molecule has 24 heavy (non-hydrogen) atoms. The fraction of sp³-hybridized carbons (Fsp3) is 0.176. The predicted octanol–water partition coefficient (Wildman–Crippen LogP) is 2.78.